The summed E-state index contributed by atoms with van der Waals surface area (Å²) >= 11 is 0. The fraction of sp³-hybridized carbons (Fsp3) is 0.286. The lowest BCUT2D eigenvalue weighted by molar-refractivity contribution is -0.137. The number of nitrogens with zero attached hydrogens (tertiary/aromatic N) is 4. The van der Waals surface area contributed by atoms with E-state index in [4.69, 9.17) is 10.3 Å². The summed E-state index contributed by atoms with van der Waals surface area (Å²) in [5.41, 5.74) is 9.58. The molecule has 156 valence electrons. The minimum Gasteiger partial charge on any atom is -0.445 e. The second-order valence-electron chi connectivity index (χ2n) is 6.73. The molecule has 0 saturated carbocycles. The van der Waals surface area contributed by atoms with Crippen molar-refractivity contribution >= 4 is 11.7 Å². The zero-order valence-electron chi connectivity index (χ0n) is 16.0. The Balaban J connectivity index is 1.73. The zero-order chi connectivity index (χ0) is 21.6. The summed E-state index contributed by atoms with van der Waals surface area (Å²) in [6, 6.07) is 12.9. The molecule has 2 aromatic rings. The monoisotopic (exact) mass is 416 g/mol. The Kier molecular flexibility index (Phi) is 6.64. The van der Waals surface area contributed by atoms with Gasteiger partial charge in [-0.3, -0.25) is 0 Å². The molecule has 0 unspecified atom stereocenters. The maximum atomic E-state index is 13.5. The quantitative estimate of drug-likeness (QED) is 0.343. The number of amides is 1. The Bertz CT molecular complexity index is 983. The van der Waals surface area contributed by atoms with Crippen LogP contribution in [0.2, 0.25) is 0 Å². The number of alkyl halides is 3. The number of azide groups is 1. The minimum atomic E-state index is -4.51. The summed E-state index contributed by atoms with van der Waals surface area (Å²) in [6.45, 7) is 0.497. The highest BCUT2D eigenvalue weighted by Crippen LogP contribution is 2.37. The fourth-order valence-corrected chi connectivity index (χ4v) is 3.21. The van der Waals surface area contributed by atoms with Gasteiger partial charge in [-0.2, -0.15) is 13.2 Å². The molecule has 0 aliphatic carbocycles. The molecule has 0 atom stereocenters. The summed E-state index contributed by atoms with van der Waals surface area (Å²) in [5.74, 6) is 0. The Morgan fingerprint density at radius 3 is 2.57 bits per heavy atom. The van der Waals surface area contributed by atoms with Crippen molar-refractivity contribution in [2.45, 2.75) is 25.7 Å². The lowest BCUT2D eigenvalue weighted by Gasteiger charge is -2.27. The molecule has 0 fully saturated rings. The Labute approximate surface area is 171 Å². The minimum absolute atomic E-state index is 0.0349. The molecule has 0 saturated heterocycles. The van der Waals surface area contributed by atoms with Gasteiger partial charge >= 0.3 is 12.3 Å². The molecule has 1 amide bonds. The summed E-state index contributed by atoms with van der Waals surface area (Å²) in [6.07, 6.45) is -3.16. The Hall–Kier alpha value is -3.45. The average Bonchev–Trinajstić information content (AvgIpc) is 2.76. The molecule has 1 aliphatic rings. The molecule has 0 bridgehead atoms. The van der Waals surface area contributed by atoms with E-state index in [2.05, 4.69) is 10.0 Å². The third-order valence-corrected chi connectivity index (χ3v) is 4.72. The van der Waals surface area contributed by atoms with Gasteiger partial charge in [-0.1, -0.05) is 53.7 Å². The molecule has 0 spiro atoms. The summed E-state index contributed by atoms with van der Waals surface area (Å²) in [5, 5.41) is 3.41. The van der Waals surface area contributed by atoms with Crippen LogP contribution in [-0.2, 0) is 24.1 Å². The molecule has 0 aromatic heterocycles. The normalized spacial score (nSPS) is 14.0. The standard InChI is InChI=1S/C21H19F3N4O2/c22-21(23,24)19-7-6-16(13-26-27-25)12-18(19)17-8-10-28(11-9-17)20(29)30-14-15-4-2-1-3-5-15/h1-8,12H,9-11,13-14H2. The Morgan fingerprint density at radius 2 is 1.93 bits per heavy atom. The van der Waals surface area contributed by atoms with Crippen LogP contribution in [-0.4, -0.2) is 24.1 Å². The molecule has 0 N–H and O–H groups in total. The zero-order valence-corrected chi connectivity index (χ0v) is 16.0. The van der Waals surface area contributed by atoms with E-state index >= 15 is 0 Å². The number of carbonyl (C=O) groups is 1. The number of ether oxygens (including phenoxy) is 1. The third-order valence-electron chi connectivity index (χ3n) is 4.72. The van der Waals surface area contributed by atoms with Crippen molar-refractivity contribution in [2.75, 3.05) is 13.1 Å². The largest absolute Gasteiger partial charge is 0.445 e. The first kappa shape index (κ1) is 21.3. The molecule has 30 heavy (non-hydrogen) atoms. The van der Waals surface area contributed by atoms with Gasteiger partial charge in [0, 0.05) is 18.0 Å². The van der Waals surface area contributed by atoms with Gasteiger partial charge < -0.3 is 9.64 Å². The molecule has 1 heterocycles. The molecule has 6 nitrogen and oxygen atoms in total. The molecule has 3 rings (SSSR count). The summed E-state index contributed by atoms with van der Waals surface area (Å²) < 4.78 is 45.7. The highest BCUT2D eigenvalue weighted by atomic mass is 19.4. The van der Waals surface area contributed by atoms with Crippen LogP contribution in [0, 0.1) is 0 Å². The van der Waals surface area contributed by atoms with Gasteiger partial charge in [0.25, 0.3) is 0 Å². The van der Waals surface area contributed by atoms with Crippen molar-refractivity contribution in [2.24, 2.45) is 5.11 Å². The lowest BCUT2D eigenvalue weighted by atomic mass is 9.93. The first-order chi connectivity index (χ1) is 14.4. The SMILES string of the molecule is [N-]=[N+]=NCc1ccc(C(F)(F)F)c(C2=CCN(C(=O)OCc3ccccc3)CC2)c1. The maximum absolute atomic E-state index is 13.5. The molecule has 2 aromatic carbocycles. The second-order valence-corrected chi connectivity index (χ2v) is 6.73. The van der Waals surface area contributed by atoms with Gasteiger partial charge in [-0.25, -0.2) is 4.79 Å². The summed E-state index contributed by atoms with van der Waals surface area (Å²) in [4.78, 5) is 16.4. The number of benzene rings is 2. The number of hydrogen-bond acceptors (Lipinski definition) is 3. The van der Waals surface area contributed by atoms with Crippen LogP contribution in [0.25, 0.3) is 16.0 Å². The lowest BCUT2D eigenvalue weighted by Crippen LogP contribution is -2.35. The van der Waals surface area contributed by atoms with Crippen molar-refractivity contribution in [3.63, 3.8) is 0 Å². The average molecular weight is 416 g/mol. The van der Waals surface area contributed by atoms with Crippen LogP contribution in [0.1, 0.15) is 28.7 Å². The van der Waals surface area contributed by atoms with Gasteiger partial charge in [0.2, 0.25) is 0 Å². The van der Waals surface area contributed by atoms with Gasteiger partial charge in [-0.15, -0.1) is 0 Å². The predicted molar refractivity (Wildman–Crippen MR) is 105 cm³/mol. The molecular formula is C21H19F3N4O2. The maximum Gasteiger partial charge on any atom is 0.416 e. The number of rotatable bonds is 5. The van der Waals surface area contributed by atoms with Crippen molar-refractivity contribution in [3.8, 4) is 0 Å². The molecule has 0 radical (unpaired) electrons. The van der Waals surface area contributed by atoms with Crippen LogP contribution in [0.15, 0.2) is 59.7 Å². The van der Waals surface area contributed by atoms with Gasteiger partial charge in [0.15, 0.2) is 0 Å². The van der Waals surface area contributed by atoms with Gasteiger partial charge in [-0.05, 0) is 40.3 Å². The van der Waals surface area contributed by atoms with Crippen LogP contribution in [0.3, 0.4) is 0 Å². The van der Waals surface area contributed by atoms with E-state index in [1.54, 1.807) is 6.08 Å². The summed E-state index contributed by atoms with van der Waals surface area (Å²) in [7, 11) is 0. The molecular weight excluding hydrogens is 397 g/mol. The first-order valence-corrected chi connectivity index (χ1v) is 9.24. The topological polar surface area (TPSA) is 78.3 Å². The van der Waals surface area contributed by atoms with Crippen molar-refractivity contribution in [1.82, 2.24) is 4.90 Å². The fourth-order valence-electron chi connectivity index (χ4n) is 3.21. The van der Waals surface area contributed by atoms with E-state index in [0.717, 1.165) is 11.6 Å². The van der Waals surface area contributed by atoms with E-state index in [1.165, 1.54) is 17.0 Å². The van der Waals surface area contributed by atoms with Crippen molar-refractivity contribution in [3.05, 3.63) is 87.3 Å². The Morgan fingerprint density at radius 1 is 1.17 bits per heavy atom. The predicted octanol–water partition coefficient (Wildman–Crippen LogP) is 5.94. The van der Waals surface area contributed by atoms with E-state index in [-0.39, 0.29) is 38.2 Å². The van der Waals surface area contributed by atoms with E-state index in [9.17, 15) is 18.0 Å². The van der Waals surface area contributed by atoms with Gasteiger partial charge in [0.1, 0.15) is 6.61 Å². The number of carbonyl (C=O) groups excluding carboxylic acids is 1. The van der Waals surface area contributed by atoms with Gasteiger partial charge in [0.05, 0.1) is 12.1 Å². The second kappa shape index (κ2) is 9.37. The molecule has 9 heteroatoms. The number of hydrogen-bond donors (Lipinski definition) is 0. The smallest absolute Gasteiger partial charge is 0.416 e. The first-order valence-electron chi connectivity index (χ1n) is 9.24. The van der Waals surface area contributed by atoms with E-state index < -0.39 is 17.8 Å². The number of halogens is 3. The van der Waals surface area contributed by atoms with Crippen LogP contribution >= 0.6 is 0 Å². The van der Waals surface area contributed by atoms with E-state index in [0.29, 0.717) is 11.1 Å². The van der Waals surface area contributed by atoms with Crippen LogP contribution < -0.4 is 0 Å². The van der Waals surface area contributed by atoms with Crippen molar-refractivity contribution in [1.29, 1.82) is 0 Å². The highest BCUT2D eigenvalue weighted by Gasteiger charge is 2.34. The van der Waals surface area contributed by atoms with Crippen LogP contribution in [0.5, 0.6) is 0 Å². The van der Waals surface area contributed by atoms with Crippen LogP contribution in [0.4, 0.5) is 18.0 Å². The van der Waals surface area contributed by atoms with E-state index in [1.807, 2.05) is 30.3 Å². The molecule has 1 aliphatic heterocycles. The van der Waals surface area contributed by atoms with Crippen molar-refractivity contribution < 1.29 is 22.7 Å². The third kappa shape index (κ3) is 5.33. The highest BCUT2D eigenvalue weighted by molar-refractivity contribution is 5.74.